The van der Waals surface area contributed by atoms with Crippen LogP contribution in [0, 0.1) is 11.3 Å². The van der Waals surface area contributed by atoms with Crippen molar-refractivity contribution in [2.75, 3.05) is 0 Å². The molecule has 0 radical (unpaired) electrons. The van der Waals surface area contributed by atoms with Gasteiger partial charge in [0.1, 0.15) is 5.78 Å². The molecule has 2 fully saturated rings. The zero-order valence-electron chi connectivity index (χ0n) is 10.3. The van der Waals surface area contributed by atoms with Crippen LogP contribution in [0.3, 0.4) is 0 Å². The fraction of sp³-hybridized carbons (Fsp3) is 0.846. The summed E-state index contributed by atoms with van der Waals surface area (Å²) in [5.41, 5.74) is -0.940. The molecule has 0 aromatic carbocycles. The van der Waals surface area contributed by atoms with Crippen molar-refractivity contribution in [3.8, 4) is 0 Å². The largest absolute Gasteiger partial charge is 0.481 e. The lowest BCUT2D eigenvalue weighted by atomic mass is 9.61. The topological polar surface area (TPSA) is 54.4 Å². The molecule has 2 aliphatic rings. The second-order valence-corrected chi connectivity index (χ2v) is 5.63. The third kappa shape index (κ3) is 2.40. The summed E-state index contributed by atoms with van der Waals surface area (Å²) in [7, 11) is 0. The Morgan fingerprint density at radius 1 is 1.11 bits per heavy atom. The molecule has 0 aliphatic heterocycles. The smallest absolute Gasteiger partial charge is 0.309 e. The highest BCUT2D eigenvalue weighted by atomic mass is 19.3. The maximum absolute atomic E-state index is 13.1. The van der Waals surface area contributed by atoms with Crippen LogP contribution in [0.25, 0.3) is 0 Å². The van der Waals surface area contributed by atoms with Crippen LogP contribution in [-0.2, 0) is 9.59 Å². The molecule has 0 bridgehead atoms. The van der Waals surface area contributed by atoms with Crippen molar-refractivity contribution >= 4 is 11.8 Å². The molecular formula is C13H18F2O3. The number of carbonyl (C=O) groups excluding carboxylic acids is 1. The summed E-state index contributed by atoms with van der Waals surface area (Å²) >= 11 is 0. The molecule has 2 aliphatic carbocycles. The number of carboxylic acids is 1. The van der Waals surface area contributed by atoms with Crippen LogP contribution in [0.2, 0.25) is 0 Å². The third-order valence-corrected chi connectivity index (χ3v) is 4.62. The van der Waals surface area contributed by atoms with Gasteiger partial charge in [-0.05, 0) is 31.6 Å². The van der Waals surface area contributed by atoms with E-state index in [0.717, 1.165) is 0 Å². The number of ketones is 1. The highest BCUT2D eigenvalue weighted by Gasteiger charge is 2.50. The van der Waals surface area contributed by atoms with Gasteiger partial charge >= 0.3 is 5.97 Å². The first-order chi connectivity index (χ1) is 8.36. The lowest BCUT2D eigenvalue weighted by Crippen LogP contribution is -2.44. The number of alkyl halides is 2. The molecule has 3 nitrogen and oxygen atoms in total. The minimum Gasteiger partial charge on any atom is -0.481 e. The Morgan fingerprint density at radius 2 is 1.61 bits per heavy atom. The monoisotopic (exact) mass is 260 g/mol. The predicted molar refractivity (Wildman–Crippen MR) is 60.4 cm³/mol. The molecular weight excluding hydrogens is 242 g/mol. The number of carbonyl (C=O) groups is 2. The average Bonchev–Trinajstić information content (AvgIpc) is 2.30. The summed E-state index contributed by atoms with van der Waals surface area (Å²) in [5, 5.41) is 9.46. The number of halogens is 2. The quantitative estimate of drug-likeness (QED) is 0.830. The first-order valence-corrected chi connectivity index (χ1v) is 6.49. The zero-order chi connectivity index (χ0) is 13.4. The summed E-state index contributed by atoms with van der Waals surface area (Å²) in [6.07, 6.45) is 1.26. The minimum atomic E-state index is -2.64. The van der Waals surface area contributed by atoms with Crippen LogP contribution >= 0.6 is 0 Å². The van der Waals surface area contributed by atoms with E-state index in [1.54, 1.807) is 0 Å². The first kappa shape index (κ1) is 13.4. The molecule has 5 heteroatoms. The highest BCUT2D eigenvalue weighted by molar-refractivity contribution is 5.84. The number of Topliss-reactive ketones (excluding diaryl/α,β-unsaturated/α-hetero) is 1. The Morgan fingerprint density at radius 3 is 2.06 bits per heavy atom. The summed E-state index contributed by atoms with van der Waals surface area (Å²) in [5.74, 6) is -3.67. The predicted octanol–water partition coefficient (Wildman–Crippen LogP) is 3.03. The Bertz CT molecular complexity index is 345. The molecule has 0 unspecified atom stereocenters. The van der Waals surface area contributed by atoms with Crippen molar-refractivity contribution in [2.45, 2.75) is 57.3 Å². The van der Waals surface area contributed by atoms with Gasteiger partial charge in [-0.1, -0.05) is 0 Å². The number of hydrogen-bond acceptors (Lipinski definition) is 2. The van der Waals surface area contributed by atoms with E-state index in [0.29, 0.717) is 12.8 Å². The normalized spacial score (nSPS) is 28.0. The van der Waals surface area contributed by atoms with Gasteiger partial charge in [0.05, 0.1) is 5.41 Å². The second-order valence-electron chi connectivity index (χ2n) is 5.63. The van der Waals surface area contributed by atoms with Gasteiger partial charge in [-0.25, -0.2) is 8.78 Å². The summed E-state index contributed by atoms with van der Waals surface area (Å²) in [6.45, 7) is 0. The maximum Gasteiger partial charge on any atom is 0.309 e. The van der Waals surface area contributed by atoms with Crippen molar-refractivity contribution in [1.82, 2.24) is 0 Å². The number of carboxylic acid groups (broad SMARTS) is 1. The van der Waals surface area contributed by atoms with Crippen LogP contribution in [0.15, 0.2) is 0 Å². The molecule has 18 heavy (non-hydrogen) atoms. The Labute approximate surface area is 105 Å². The van der Waals surface area contributed by atoms with Gasteiger partial charge in [0.2, 0.25) is 5.92 Å². The molecule has 0 aromatic rings. The molecule has 0 spiro atoms. The molecule has 2 rings (SSSR count). The van der Waals surface area contributed by atoms with E-state index in [9.17, 15) is 23.5 Å². The van der Waals surface area contributed by atoms with Gasteiger partial charge < -0.3 is 5.11 Å². The Balaban J connectivity index is 2.12. The van der Waals surface area contributed by atoms with Crippen molar-refractivity contribution in [1.29, 1.82) is 0 Å². The molecule has 0 heterocycles. The fourth-order valence-corrected chi connectivity index (χ4v) is 3.36. The number of rotatable bonds is 2. The van der Waals surface area contributed by atoms with Gasteiger partial charge in [-0.15, -0.1) is 0 Å². The number of hydrogen-bond donors (Lipinski definition) is 1. The van der Waals surface area contributed by atoms with E-state index in [1.807, 2.05) is 0 Å². The van der Waals surface area contributed by atoms with E-state index in [-0.39, 0.29) is 50.2 Å². The van der Waals surface area contributed by atoms with Gasteiger partial charge in [0, 0.05) is 25.7 Å². The van der Waals surface area contributed by atoms with E-state index < -0.39 is 17.3 Å². The van der Waals surface area contributed by atoms with Crippen LogP contribution in [0.4, 0.5) is 8.78 Å². The van der Waals surface area contributed by atoms with Crippen molar-refractivity contribution in [2.24, 2.45) is 11.3 Å². The summed E-state index contributed by atoms with van der Waals surface area (Å²) in [4.78, 5) is 22.8. The minimum absolute atomic E-state index is 0.0908. The molecule has 0 aromatic heterocycles. The average molecular weight is 260 g/mol. The van der Waals surface area contributed by atoms with Crippen LogP contribution in [-0.4, -0.2) is 22.8 Å². The highest BCUT2D eigenvalue weighted by Crippen LogP contribution is 2.50. The summed E-state index contributed by atoms with van der Waals surface area (Å²) < 4.78 is 26.3. The van der Waals surface area contributed by atoms with E-state index in [4.69, 9.17) is 0 Å². The van der Waals surface area contributed by atoms with Crippen molar-refractivity contribution < 1.29 is 23.5 Å². The molecule has 0 amide bonds. The van der Waals surface area contributed by atoms with E-state index in [1.165, 1.54) is 0 Å². The first-order valence-electron chi connectivity index (χ1n) is 6.49. The second kappa shape index (κ2) is 4.59. The lowest BCUT2D eigenvalue weighted by molar-refractivity contribution is -0.160. The molecule has 2 saturated carbocycles. The van der Waals surface area contributed by atoms with E-state index >= 15 is 0 Å². The SMILES string of the molecule is O=C1CCC(C(=O)O)(C2CCC(F)(F)CC2)CC1. The molecule has 102 valence electrons. The fourth-order valence-electron chi connectivity index (χ4n) is 3.36. The molecule has 0 atom stereocenters. The van der Waals surface area contributed by atoms with Crippen LogP contribution < -0.4 is 0 Å². The Kier molecular flexibility index (Phi) is 3.43. The third-order valence-electron chi connectivity index (χ3n) is 4.62. The van der Waals surface area contributed by atoms with Crippen LogP contribution in [0.1, 0.15) is 51.4 Å². The maximum atomic E-state index is 13.1. The Hall–Kier alpha value is -1.00. The summed E-state index contributed by atoms with van der Waals surface area (Å²) in [6, 6.07) is 0. The van der Waals surface area contributed by atoms with Crippen LogP contribution in [0.5, 0.6) is 0 Å². The van der Waals surface area contributed by atoms with Crippen molar-refractivity contribution in [3.63, 3.8) is 0 Å². The van der Waals surface area contributed by atoms with Gasteiger partial charge in [0.15, 0.2) is 0 Å². The van der Waals surface area contributed by atoms with Gasteiger partial charge in [-0.2, -0.15) is 0 Å². The molecule has 0 saturated heterocycles. The molecule has 1 N–H and O–H groups in total. The van der Waals surface area contributed by atoms with E-state index in [2.05, 4.69) is 0 Å². The zero-order valence-corrected chi connectivity index (χ0v) is 10.3. The van der Waals surface area contributed by atoms with Crippen molar-refractivity contribution in [3.05, 3.63) is 0 Å². The van der Waals surface area contributed by atoms with Gasteiger partial charge in [-0.3, -0.25) is 9.59 Å². The lowest BCUT2D eigenvalue weighted by Gasteiger charge is -2.42. The standard InChI is InChI=1S/C13H18F2O3/c14-13(15)7-1-9(2-8-13)12(11(17)18)5-3-10(16)4-6-12/h9H,1-8H2,(H,17,18). The van der Waals surface area contributed by atoms with Gasteiger partial charge in [0.25, 0.3) is 0 Å². The number of aliphatic carboxylic acids is 1.